The van der Waals surface area contributed by atoms with Crippen LogP contribution < -0.4 is 0 Å². The molecular weight excluding hydrogens is 392 g/mol. The predicted molar refractivity (Wildman–Crippen MR) is 120 cm³/mol. The summed E-state index contributed by atoms with van der Waals surface area (Å²) in [7, 11) is 0. The van der Waals surface area contributed by atoms with E-state index in [0.717, 1.165) is 60.7 Å². The molecule has 0 aliphatic heterocycles. The Hall–Kier alpha value is -3.84. The molecular formula is C23H16N6S. The minimum Gasteiger partial charge on any atom is -0.336 e. The van der Waals surface area contributed by atoms with Crippen molar-refractivity contribution in [3.8, 4) is 33.2 Å². The van der Waals surface area contributed by atoms with E-state index in [2.05, 4.69) is 49.4 Å². The molecule has 5 heterocycles. The van der Waals surface area contributed by atoms with Gasteiger partial charge in [-0.1, -0.05) is 12.1 Å². The lowest BCUT2D eigenvalue weighted by molar-refractivity contribution is 1.11. The van der Waals surface area contributed by atoms with Gasteiger partial charge in [0.05, 0.1) is 15.9 Å². The van der Waals surface area contributed by atoms with Crippen molar-refractivity contribution in [3.63, 3.8) is 0 Å². The van der Waals surface area contributed by atoms with Gasteiger partial charge in [0, 0.05) is 29.5 Å². The van der Waals surface area contributed by atoms with Crippen molar-refractivity contribution in [2.75, 3.05) is 0 Å². The molecule has 7 heteroatoms. The lowest BCUT2D eigenvalue weighted by Gasteiger charge is -2.03. The van der Waals surface area contributed by atoms with Crippen LogP contribution in [0.15, 0.2) is 66.4 Å². The van der Waals surface area contributed by atoms with Crippen molar-refractivity contribution < 1.29 is 0 Å². The van der Waals surface area contributed by atoms with Gasteiger partial charge in [-0.05, 0) is 53.8 Å². The zero-order valence-electron chi connectivity index (χ0n) is 16.0. The molecule has 30 heavy (non-hydrogen) atoms. The smallest absolute Gasteiger partial charge is 0.159 e. The van der Waals surface area contributed by atoms with Gasteiger partial charge in [0.2, 0.25) is 0 Å². The van der Waals surface area contributed by atoms with Gasteiger partial charge in [-0.25, -0.2) is 4.98 Å². The first-order valence-electron chi connectivity index (χ1n) is 9.55. The molecule has 0 radical (unpaired) electrons. The number of thiophene rings is 1. The molecule has 6 rings (SSSR count). The lowest BCUT2D eigenvalue weighted by atomic mass is 10.0. The molecule has 6 nitrogen and oxygen atoms in total. The molecule has 0 spiro atoms. The number of benzene rings is 1. The predicted octanol–water partition coefficient (Wildman–Crippen LogP) is 5.60. The van der Waals surface area contributed by atoms with E-state index in [1.807, 2.05) is 49.1 Å². The largest absolute Gasteiger partial charge is 0.336 e. The molecule has 144 valence electrons. The maximum Gasteiger partial charge on any atom is 0.159 e. The summed E-state index contributed by atoms with van der Waals surface area (Å²) >= 11 is 1.66. The quantitative estimate of drug-likeness (QED) is 0.399. The van der Waals surface area contributed by atoms with E-state index in [0.29, 0.717) is 0 Å². The number of nitrogens with zero attached hydrogens (tertiary/aromatic N) is 4. The van der Waals surface area contributed by atoms with E-state index in [1.54, 1.807) is 11.3 Å². The molecule has 0 fully saturated rings. The number of fused-ring (bicyclic) bond motifs is 2. The molecule has 5 aromatic heterocycles. The summed E-state index contributed by atoms with van der Waals surface area (Å²) in [5, 5.41) is 10.7. The number of hydrogen-bond donors (Lipinski definition) is 2. The summed E-state index contributed by atoms with van der Waals surface area (Å²) in [5.74, 6) is 0.724. The van der Waals surface area contributed by atoms with Gasteiger partial charge in [-0.2, -0.15) is 5.10 Å². The van der Waals surface area contributed by atoms with E-state index >= 15 is 0 Å². The molecule has 2 N–H and O–H groups in total. The first-order chi connectivity index (χ1) is 14.8. The molecule has 0 bridgehead atoms. The zero-order chi connectivity index (χ0) is 20.1. The van der Waals surface area contributed by atoms with Gasteiger partial charge >= 0.3 is 0 Å². The molecule has 6 aromatic rings. The Morgan fingerprint density at radius 3 is 2.77 bits per heavy atom. The van der Waals surface area contributed by atoms with Crippen LogP contribution in [0.3, 0.4) is 0 Å². The Bertz CT molecular complexity index is 1510. The Kier molecular flexibility index (Phi) is 3.75. The number of hydrogen-bond acceptors (Lipinski definition) is 5. The van der Waals surface area contributed by atoms with Crippen LogP contribution >= 0.6 is 11.3 Å². The number of nitrogens with one attached hydrogen (secondary N) is 2. The second-order valence-corrected chi connectivity index (χ2v) is 8.15. The third-order valence-electron chi connectivity index (χ3n) is 5.15. The van der Waals surface area contributed by atoms with Crippen molar-refractivity contribution in [2.24, 2.45) is 0 Å². The van der Waals surface area contributed by atoms with Crippen molar-refractivity contribution >= 4 is 33.3 Å². The lowest BCUT2D eigenvalue weighted by Crippen LogP contribution is -1.84. The molecule has 0 atom stereocenters. The molecule has 0 unspecified atom stereocenters. The number of aryl methyl sites for hydroxylation is 1. The summed E-state index contributed by atoms with van der Waals surface area (Å²) in [6.07, 6.45) is 5.55. The summed E-state index contributed by atoms with van der Waals surface area (Å²) in [6.45, 7) is 2.05. The van der Waals surface area contributed by atoms with Crippen LogP contribution in [0.2, 0.25) is 0 Å². The van der Waals surface area contributed by atoms with Crippen LogP contribution in [0, 0.1) is 6.92 Å². The Morgan fingerprint density at radius 2 is 1.90 bits per heavy atom. The maximum atomic E-state index is 4.87. The number of imidazole rings is 1. The van der Waals surface area contributed by atoms with Gasteiger partial charge in [-0.15, -0.1) is 11.3 Å². The molecule has 1 aromatic carbocycles. The van der Waals surface area contributed by atoms with E-state index < -0.39 is 0 Å². The molecule has 0 aliphatic carbocycles. The highest BCUT2D eigenvalue weighted by molar-refractivity contribution is 7.13. The third-order valence-corrected chi connectivity index (χ3v) is 6.03. The fourth-order valence-electron chi connectivity index (χ4n) is 3.73. The van der Waals surface area contributed by atoms with Crippen LogP contribution in [0.1, 0.15) is 5.56 Å². The van der Waals surface area contributed by atoms with Gasteiger partial charge < -0.3 is 4.98 Å². The van der Waals surface area contributed by atoms with Crippen LogP contribution in [-0.4, -0.2) is 30.1 Å². The van der Waals surface area contributed by atoms with Gasteiger partial charge in [0.25, 0.3) is 0 Å². The molecule has 0 aliphatic rings. The van der Waals surface area contributed by atoms with Crippen molar-refractivity contribution in [1.82, 2.24) is 30.1 Å². The monoisotopic (exact) mass is 408 g/mol. The van der Waals surface area contributed by atoms with Crippen LogP contribution in [-0.2, 0) is 0 Å². The molecule has 0 saturated heterocycles. The first kappa shape index (κ1) is 17.1. The van der Waals surface area contributed by atoms with E-state index in [-0.39, 0.29) is 0 Å². The van der Waals surface area contributed by atoms with E-state index in [1.165, 1.54) is 0 Å². The van der Waals surface area contributed by atoms with Crippen molar-refractivity contribution in [3.05, 3.63) is 72.0 Å². The summed E-state index contributed by atoms with van der Waals surface area (Å²) in [5.41, 5.74) is 7.74. The van der Waals surface area contributed by atoms with E-state index in [4.69, 9.17) is 4.98 Å². The summed E-state index contributed by atoms with van der Waals surface area (Å²) in [6, 6.07) is 14.4. The molecule has 0 amide bonds. The SMILES string of the molecule is Cc1cncc(-c2ccc3[nH]nc(-c4nc5c(-c6cccs6)nccc5[nH]4)c3c2)c1. The standard InChI is InChI=1S/C23H16N6S/c1-13-9-15(12-24-11-13)14-4-5-17-16(10-14)20(29-28-17)23-26-18-6-7-25-22(21(18)27-23)19-3-2-8-30-19/h2-12H,1H3,(H,26,27)(H,28,29). The van der Waals surface area contributed by atoms with Gasteiger partial charge in [0.1, 0.15) is 16.9 Å². The normalized spacial score (nSPS) is 11.5. The van der Waals surface area contributed by atoms with Crippen LogP contribution in [0.4, 0.5) is 0 Å². The number of rotatable bonds is 3. The average Bonchev–Trinajstić information content (AvgIpc) is 3.51. The maximum absolute atomic E-state index is 4.87. The number of pyridine rings is 2. The van der Waals surface area contributed by atoms with Gasteiger partial charge in [0.15, 0.2) is 5.82 Å². The second-order valence-electron chi connectivity index (χ2n) is 7.20. The van der Waals surface area contributed by atoms with Crippen LogP contribution in [0.5, 0.6) is 0 Å². The number of aromatic amines is 2. The minimum absolute atomic E-state index is 0.724. The Morgan fingerprint density at radius 1 is 0.933 bits per heavy atom. The second kappa shape index (κ2) is 6.60. The fraction of sp³-hybridized carbons (Fsp3) is 0.0435. The fourth-order valence-corrected chi connectivity index (χ4v) is 4.45. The number of aromatic nitrogens is 6. The van der Waals surface area contributed by atoms with Gasteiger partial charge in [-0.3, -0.25) is 15.1 Å². The van der Waals surface area contributed by atoms with Crippen molar-refractivity contribution in [2.45, 2.75) is 6.92 Å². The van der Waals surface area contributed by atoms with E-state index in [9.17, 15) is 0 Å². The first-order valence-corrected chi connectivity index (χ1v) is 10.4. The number of H-pyrrole nitrogens is 2. The zero-order valence-corrected chi connectivity index (χ0v) is 16.9. The van der Waals surface area contributed by atoms with Crippen molar-refractivity contribution in [1.29, 1.82) is 0 Å². The highest BCUT2D eigenvalue weighted by atomic mass is 32.1. The topological polar surface area (TPSA) is 83.1 Å². The summed E-state index contributed by atoms with van der Waals surface area (Å²) < 4.78 is 0. The Labute approximate surface area is 175 Å². The molecule has 0 saturated carbocycles. The summed E-state index contributed by atoms with van der Waals surface area (Å²) in [4.78, 5) is 18.3. The Balaban J connectivity index is 1.52. The average molecular weight is 408 g/mol. The highest BCUT2D eigenvalue weighted by Crippen LogP contribution is 2.33. The minimum atomic E-state index is 0.724. The van der Waals surface area contributed by atoms with Crippen LogP contribution in [0.25, 0.3) is 55.2 Å². The third kappa shape index (κ3) is 2.71. The highest BCUT2D eigenvalue weighted by Gasteiger charge is 2.16.